The van der Waals surface area contributed by atoms with Gasteiger partial charge in [-0.25, -0.2) is 4.39 Å². The first-order chi connectivity index (χ1) is 8.83. The van der Waals surface area contributed by atoms with Gasteiger partial charge in [0.1, 0.15) is 18.2 Å². The third-order valence-corrected chi connectivity index (χ3v) is 6.70. The zero-order valence-corrected chi connectivity index (χ0v) is 14.5. The second kappa shape index (κ2) is 7.41. The Balaban J connectivity index is 2.26. The molecule has 0 unspecified atom stereocenters. The van der Waals surface area contributed by atoms with Gasteiger partial charge in [-0.15, -0.1) is 0 Å². The van der Waals surface area contributed by atoms with E-state index in [0.29, 0.717) is 23.4 Å². The van der Waals surface area contributed by atoms with Crippen LogP contribution in [0.25, 0.3) is 0 Å². The first-order valence-electron chi connectivity index (χ1n) is 6.29. The van der Waals surface area contributed by atoms with E-state index in [1.54, 1.807) is 12.1 Å². The Labute approximate surface area is 125 Å². The van der Waals surface area contributed by atoms with Crippen molar-refractivity contribution in [3.8, 4) is 5.75 Å². The Morgan fingerprint density at radius 3 is 2.53 bits per heavy atom. The maximum absolute atomic E-state index is 13.2. The fourth-order valence-corrected chi connectivity index (χ4v) is 1.89. The summed E-state index contributed by atoms with van der Waals surface area (Å²) < 4.78 is 24.8. The Morgan fingerprint density at radius 2 is 1.95 bits per heavy atom. The third kappa shape index (κ3) is 5.63. The van der Waals surface area contributed by atoms with Crippen molar-refractivity contribution in [1.29, 1.82) is 0 Å². The van der Waals surface area contributed by atoms with E-state index in [4.69, 9.17) is 9.47 Å². The van der Waals surface area contributed by atoms with Gasteiger partial charge in [0.05, 0.1) is 19.9 Å². The lowest BCUT2D eigenvalue weighted by Gasteiger charge is -2.27. The molecule has 0 atom stereocenters. The lowest BCUT2D eigenvalue weighted by molar-refractivity contribution is 0.0846. The highest BCUT2D eigenvalue weighted by molar-refractivity contribution is 9.10. The molecule has 0 amide bonds. The van der Waals surface area contributed by atoms with E-state index in [1.807, 2.05) is 0 Å². The second-order valence-electron chi connectivity index (χ2n) is 5.36. The highest BCUT2D eigenvalue weighted by Gasteiger charge is 2.23. The van der Waals surface area contributed by atoms with Crippen LogP contribution in [-0.4, -0.2) is 28.6 Å². The summed E-state index contributed by atoms with van der Waals surface area (Å²) >= 11 is 3.11. The Hall–Kier alpha value is -0.393. The van der Waals surface area contributed by atoms with Gasteiger partial charge in [0.2, 0.25) is 0 Å². The molecular weight excluding hydrogens is 327 g/mol. The molecule has 107 valence electrons. The number of hydrogen-bond acceptors (Lipinski definition) is 2. The van der Waals surface area contributed by atoms with E-state index in [9.17, 15) is 4.39 Å². The predicted octanol–water partition coefficient (Wildman–Crippen LogP) is 4.52. The van der Waals surface area contributed by atoms with Crippen LogP contribution in [0.4, 0.5) is 4.39 Å². The van der Waals surface area contributed by atoms with Crippen molar-refractivity contribution in [2.24, 2.45) is 0 Å². The topological polar surface area (TPSA) is 18.5 Å². The third-order valence-electron chi connectivity index (χ3n) is 3.20. The number of rotatable bonds is 7. The van der Waals surface area contributed by atoms with E-state index in [2.05, 4.69) is 42.9 Å². The summed E-state index contributed by atoms with van der Waals surface area (Å²) in [6.07, 6.45) is 0. The first kappa shape index (κ1) is 16.7. The van der Waals surface area contributed by atoms with E-state index < -0.39 is 0 Å². The monoisotopic (exact) mass is 347 g/mol. The van der Waals surface area contributed by atoms with Crippen molar-refractivity contribution in [2.45, 2.75) is 32.0 Å². The van der Waals surface area contributed by atoms with Crippen molar-refractivity contribution >= 4 is 24.7 Å². The molecule has 0 aliphatic rings. The van der Waals surface area contributed by atoms with Gasteiger partial charge in [-0.2, -0.15) is 0 Å². The van der Waals surface area contributed by atoms with Crippen LogP contribution in [-0.2, 0) is 4.74 Å². The van der Waals surface area contributed by atoms with Crippen molar-refractivity contribution in [3.05, 3.63) is 28.5 Å². The smallest absolute Gasteiger partial charge is 0.141 e. The Morgan fingerprint density at radius 1 is 1.26 bits per heavy atom. The van der Waals surface area contributed by atoms with Gasteiger partial charge in [0.15, 0.2) is 0 Å². The summed E-state index contributed by atoms with van der Waals surface area (Å²) in [5.74, 6) is 0.211. The average molecular weight is 348 g/mol. The Kier molecular flexibility index (Phi) is 6.49. The molecule has 0 fully saturated rings. The Bertz CT molecular complexity index is 410. The summed E-state index contributed by atoms with van der Waals surface area (Å²) in [6, 6.07) is 4.74. The van der Waals surface area contributed by atoms with Crippen LogP contribution >= 0.6 is 15.9 Å². The minimum atomic E-state index is -0.380. The van der Waals surface area contributed by atoms with Gasteiger partial charge in [-0.3, -0.25) is 0 Å². The highest BCUT2D eigenvalue weighted by Crippen LogP contribution is 2.28. The van der Waals surface area contributed by atoms with Crippen LogP contribution in [0, 0.1) is 5.82 Å². The maximum atomic E-state index is 13.2. The molecule has 0 saturated carbocycles. The van der Waals surface area contributed by atoms with Crippen molar-refractivity contribution in [3.63, 3.8) is 0 Å². The van der Waals surface area contributed by atoms with Crippen LogP contribution in [0.3, 0.4) is 0 Å². The quantitative estimate of drug-likeness (QED) is 0.533. The van der Waals surface area contributed by atoms with Crippen molar-refractivity contribution in [1.82, 2.24) is 0 Å². The van der Waals surface area contributed by atoms with Gasteiger partial charge < -0.3 is 9.47 Å². The molecule has 0 spiro atoms. The van der Waals surface area contributed by atoms with E-state index in [-0.39, 0.29) is 19.7 Å². The van der Waals surface area contributed by atoms with Crippen LogP contribution in [0.1, 0.15) is 13.8 Å². The summed E-state index contributed by atoms with van der Waals surface area (Å²) in [5.41, 5.74) is 0. The summed E-state index contributed by atoms with van der Waals surface area (Å²) in [7, 11) is -0.380. The summed E-state index contributed by atoms with van der Waals surface area (Å²) in [5, 5.41) is 0.258. The van der Waals surface area contributed by atoms with Gasteiger partial charge in [0, 0.05) is 12.7 Å². The predicted molar refractivity (Wildman–Crippen MR) is 81.9 cm³/mol. The molecule has 0 heterocycles. The van der Waals surface area contributed by atoms with Crippen molar-refractivity contribution < 1.29 is 13.9 Å². The average Bonchev–Trinajstić information content (AvgIpc) is 2.33. The lowest BCUT2D eigenvalue weighted by Crippen LogP contribution is -2.27. The molecule has 19 heavy (non-hydrogen) atoms. The molecule has 2 nitrogen and oxygen atoms in total. The van der Waals surface area contributed by atoms with Gasteiger partial charge in [0.25, 0.3) is 0 Å². The normalized spacial score (nSPS) is 11.9. The molecular formula is C14H21BrFO2Si. The number of ether oxygens (including phenoxy) is 2. The molecule has 0 bridgehead atoms. The number of halogens is 2. The van der Waals surface area contributed by atoms with Crippen LogP contribution < -0.4 is 4.74 Å². The molecule has 0 aliphatic carbocycles. The van der Waals surface area contributed by atoms with E-state index >= 15 is 0 Å². The second-order valence-corrected chi connectivity index (χ2v) is 9.57. The molecule has 1 rings (SSSR count). The minimum Gasteiger partial charge on any atom is -0.491 e. The standard InChI is InChI=1S/C14H21BrFO2Si/c1-14(2,19(3)4)10-17-7-8-18-11-5-6-12(15)13(16)9-11/h5-6,9H,7-8,10H2,1-4H3. The van der Waals surface area contributed by atoms with Crippen LogP contribution in [0.2, 0.25) is 18.1 Å². The molecule has 1 aromatic rings. The van der Waals surface area contributed by atoms with Gasteiger partial charge in [-0.05, 0) is 33.1 Å². The fourth-order valence-electron chi connectivity index (χ4n) is 1.26. The van der Waals surface area contributed by atoms with Crippen LogP contribution in [0.5, 0.6) is 5.75 Å². The lowest BCUT2D eigenvalue weighted by atomic mass is 10.2. The molecule has 5 heteroatoms. The zero-order chi connectivity index (χ0) is 14.5. The van der Waals surface area contributed by atoms with Gasteiger partial charge in [-0.1, -0.05) is 26.9 Å². The first-order valence-corrected chi connectivity index (χ1v) is 9.58. The maximum Gasteiger partial charge on any atom is 0.141 e. The molecule has 0 aromatic heterocycles. The summed E-state index contributed by atoms with van der Waals surface area (Å²) in [6.45, 7) is 10.7. The largest absolute Gasteiger partial charge is 0.491 e. The molecule has 0 saturated heterocycles. The van der Waals surface area contributed by atoms with E-state index in [0.717, 1.165) is 6.61 Å². The molecule has 0 N–H and O–H groups in total. The SMILES string of the molecule is C[Si](C)C(C)(C)COCCOc1ccc(Br)c(F)c1. The summed E-state index contributed by atoms with van der Waals surface area (Å²) in [4.78, 5) is 0. The van der Waals surface area contributed by atoms with Crippen molar-refractivity contribution in [2.75, 3.05) is 19.8 Å². The van der Waals surface area contributed by atoms with E-state index in [1.165, 1.54) is 6.07 Å². The molecule has 0 aliphatic heterocycles. The molecule has 1 aromatic carbocycles. The van der Waals surface area contributed by atoms with Crippen LogP contribution in [0.15, 0.2) is 22.7 Å². The molecule has 1 radical (unpaired) electrons. The number of benzene rings is 1. The zero-order valence-electron chi connectivity index (χ0n) is 11.9. The fraction of sp³-hybridized carbons (Fsp3) is 0.571. The highest BCUT2D eigenvalue weighted by atomic mass is 79.9. The number of hydrogen-bond donors (Lipinski definition) is 0. The minimum absolute atomic E-state index is 0.258. The van der Waals surface area contributed by atoms with Gasteiger partial charge >= 0.3 is 0 Å².